The molecular formula is C23H22N2O4. The summed E-state index contributed by atoms with van der Waals surface area (Å²) >= 11 is 0. The van der Waals surface area contributed by atoms with Crippen LogP contribution in [-0.2, 0) is 10.4 Å². The minimum atomic E-state index is -1.90. The number of carbonyl (C=O) groups excluding carboxylic acids is 1. The molecule has 0 bridgehead atoms. The Morgan fingerprint density at radius 3 is 2.17 bits per heavy atom. The third-order valence-corrected chi connectivity index (χ3v) is 4.38. The number of hydrogen-bond acceptors (Lipinski definition) is 5. The molecule has 0 aromatic heterocycles. The monoisotopic (exact) mass is 390 g/mol. The number of carbonyl (C=O) groups is 1. The molecule has 0 radical (unpaired) electrons. The van der Waals surface area contributed by atoms with Crippen molar-refractivity contribution in [3.8, 4) is 11.5 Å². The van der Waals surface area contributed by atoms with Crippen LogP contribution in [0.2, 0.25) is 0 Å². The molecule has 3 rings (SSSR count). The standard InChI is InChI=1S/C23H22N2O4/c1-2-29-21-15-17(13-14-20(21)26)16-24-25-22(27)23(28,18-9-5-3-6-10-18)19-11-7-4-8-12-19/h3-16,26,28H,2H2,1H3,(H,25,27). The number of aromatic hydroxyl groups is 1. The maximum atomic E-state index is 12.9. The first-order valence-corrected chi connectivity index (χ1v) is 9.18. The quantitative estimate of drug-likeness (QED) is 0.427. The minimum absolute atomic E-state index is 0.0237. The molecule has 0 spiro atoms. The number of phenolic OH excluding ortho intramolecular Hbond substituents is 1. The summed E-state index contributed by atoms with van der Waals surface area (Å²) in [7, 11) is 0. The molecular weight excluding hydrogens is 368 g/mol. The Hall–Kier alpha value is -3.64. The van der Waals surface area contributed by atoms with Crippen LogP contribution in [0.1, 0.15) is 23.6 Å². The van der Waals surface area contributed by atoms with E-state index >= 15 is 0 Å². The van der Waals surface area contributed by atoms with Crippen LogP contribution in [0, 0.1) is 0 Å². The summed E-state index contributed by atoms with van der Waals surface area (Å²) in [6, 6.07) is 22.1. The third kappa shape index (κ3) is 4.44. The van der Waals surface area contributed by atoms with Crippen molar-refractivity contribution in [2.75, 3.05) is 6.61 Å². The van der Waals surface area contributed by atoms with Gasteiger partial charge in [-0.15, -0.1) is 0 Å². The maximum absolute atomic E-state index is 12.9. The molecule has 29 heavy (non-hydrogen) atoms. The van der Waals surface area contributed by atoms with Gasteiger partial charge in [0.1, 0.15) is 0 Å². The number of hydrazone groups is 1. The zero-order valence-corrected chi connectivity index (χ0v) is 15.9. The van der Waals surface area contributed by atoms with Crippen molar-refractivity contribution in [2.24, 2.45) is 5.10 Å². The van der Waals surface area contributed by atoms with Gasteiger partial charge in [0.25, 0.3) is 5.91 Å². The second-order valence-electron chi connectivity index (χ2n) is 6.30. The molecule has 6 heteroatoms. The number of nitrogens with zero attached hydrogens (tertiary/aromatic N) is 1. The van der Waals surface area contributed by atoms with E-state index in [9.17, 15) is 15.0 Å². The molecule has 0 fully saturated rings. The lowest BCUT2D eigenvalue weighted by Crippen LogP contribution is -2.43. The molecule has 0 aliphatic rings. The topological polar surface area (TPSA) is 91.2 Å². The summed E-state index contributed by atoms with van der Waals surface area (Å²) in [5.41, 5.74) is 2.00. The van der Waals surface area contributed by atoms with E-state index in [1.165, 1.54) is 12.3 Å². The molecule has 0 unspecified atom stereocenters. The molecule has 6 nitrogen and oxygen atoms in total. The first-order chi connectivity index (χ1) is 14.1. The van der Waals surface area contributed by atoms with Gasteiger partial charge >= 0.3 is 0 Å². The molecule has 3 aromatic carbocycles. The Bertz CT molecular complexity index is 949. The van der Waals surface area contributed by atoms with Gasteiger partial charge in [0.15, 0.2) is 17.1 Å². The lowest BCUT2D eigenvalue weighted by molar-refractivity contribution is -0.136. The van der Waals surface area contributed by atoms with Gasteiger partial charge in [-0.2, -0.15) is 5.10 Å². The van der Waals surface area contributed by atoms with Crippen LogP contribution in [-0.4, -0.2) is 28.9 Å². The summed E-state index contributed by atoms with van der Waals surface area (Å²) in [6.45, 7) is 2.22. The van der Waals surface area contributed by atoms with Crippen LogP contribution in [0.4, 0.5) is 0 Å². The molecule has 3 aromatic rings. The van der Waals surface area contributed by atoms with E-state index in [0.717, 1.165) is 0 Å². The Morgan fingerprint density at radius 1 is 1.03 bits per heavy atom. The molecule has 1 amide bonds. The number of rotatable bonds is 7. The van der Waals surface area contributed by atoms with Gasteiger partial charge in [-0.25, -0.2) is 5.43 Å². The molecule has 0 atom stereocenters. The van der Waals surface area contributed by atoms with Crippen LogP contribution in [0.3, 0.4) is 0 Å². The van der Waals surface area contributed by atoms with Crippen molar-refractivity contribution in [1.82, 2.24) is 5.43 Å². The highest BCUT2D eigenvalue weighted by atomic mass is 16.5. The number of benzene rings is 3. The Morgan fingerprint density at radius 2 is 1.62 bits per heavy atom. The Balaban J connectivity index is 1.85. The highest BCUT2D eigenvalue weighted by Crippen LogP contribution is 2.30. The van der Waals surface area contributed by atoms with Gasteiger partial charge in [-0.05, 0) is 41.8 Å². The van der Waals surface area contributed by atoms with Crippen molar-refractivity contribution < 1.29 is 19.7 Å². The second-order valence-corrected chi connectivity index (χ2v) is 6.30. The zero-order valence-electron chi connectivity index (χ0n) is 15.9. The highest BCUT2D eigenvalue weighted by Gasteiger charge is 2.39. The fourth-order valence-electron chi connectivity index (χ4n) is 2.92. The fourth-order valence-corrected chi connectivity index (χ4v) is 2.92. The molecule has 0 saturated heterocycles. The average molecular weight is 390 g/mol. The van der Waals surface area contributed by atoms with Crippen molar-refractivity contribution in [1.29, 1.82) is 0 Å². The number of hydrogen-bond donors (Lipinski definition) is 3. The van der Waals surface area contributed by atoms with Gasteiger partial charge in [-0.1, -0.05) is 60.7 Å². The molecule has 148 valence electrons. The van der Waals surface area contributed by atoms with Crippen LogP contribution in [0.15, 0.2) is 84.0 Å². The molecule has 3 N–H and O–H groups in total. The number of amides is 1. The Labute approximate surface area is 169 Å². The van der Waals surface area contributed by atoms with Crippen molar-refractivity contribution >= 4 is 12.1 Å². The molecule has 0 heterocycles. The van der Waals surface area contributed by atoms with Crippen LogP contribution >= 0.6 is 0 Å². The first kappa shape index (κ1) is 20.1. The van der Waals surface area contributed by atoms with Crippen LogP contribution < -0.4 is 10.2 Å². The van der Waals surface area contributed by atoms with E-state index in [1.807, 2.05) is 19.1 Å². The number of aliphatic hydroxyl groups is 1. The third-order valence-electron chi connectivity index (χ3n) is 4.38. The Kier molecular flexibility index (Phi) is 6.26. The summed E-state index contributed by atoms with van der Waals surface area (Å²) in [5.74, 6) is -0.335. The average Bonchev–Trinajstić information content (AvgIpc) is 2.76. The zero-order chi connectivity index (χ0) is 20.7. The van der Waals surface area contributed by atoms with E-state index in [1.54, 1.807) is 60.7 Å². The SMILES string of the molecule is CCOc1cc(C=NNC(=O)C(O)(c2ccccc2)c2ccccc2)ccc1O. The van der Waals surface area contributed by atoms with Crippen molar-refractivity contribution in [2.45, 2.75) is 12.5 Å². The minimum Gasteiger partial charge on any atom is -0.504 e. The molecule has 0 saturated carbocycles. The molecule has 0 aliphatic heterocycles. The van der Waals surface area contributed by atoms with Gasteiger partial charge in [0.2, 0.25) is 0 Å². The van der Waals surface area contributed by atoms with Crippen LogP contribution in [0.25, 0.3) is 0 Å². The normalized spacial score (nSPS) is 11.4. The van der Waals surface area contributed by atoms with E-state index < -0.39 is 11.5 Å². The lowest BCUT2D eigenvalue weighted by atomic mass is 9.85. The van der Waals surface area contributed by atoms with Crippen LogP contribution in [0.5, 0.6) is 11.5 Å². The van der Waals surface area contributed by atoms with Gasteiger partial charge in [-0.3, -0.25) is 4.79 Å². The smallest absolute Gasteiger partial charge is 0.281 e. The number of phenols is 1. The van der Waals surface area contributed by atoms with Gasteiger partial charge < -0.3 is 14.9 Å². The van der Waals surface area contributed by atoms with E-state index in [2.05, 4.69) is 10.5 Å². The summed E-state index contributed by atoms with van der Waals surface area (Å²) in [5, 5.41) is 25.1. The summed E-state index contributed by atoms with van der Waals surface area (Å²) in [6.07, 6.45) is 1.41. The van der Waals surface area contributed by atoms with E-state index in [4.69, 9.17) is 4.74 Å². The lowest BCUT2D eigenvalue weighted by Gasteiger charge is -2.27. The molecule has 0 aliphatic carbocycles. The highest BCUT2D eigenvalue weighted by molar-refractivity contribution is 5.91. The number of ether oxygens (including phenoxy) is 1. The summed E-state index contributed by atoms with van der Waals surface area (Å²) in [4.78, 5) is 12.9. The summed E-state index contributed by atoms with van der Waals surface area (Å²) < 4.78 is 5.34. The number of nitrogens with one attached hydrogen (secondary N) is 1. The second kappa shape index (κ2) is 9.03. The maximum Gasteiger partial charge on any atom is 0.281 e. The van der Waals surface area contributed by atoms with Gasteiger partial charge in [0, 0.05) is 0 Å². The predicted molar refractivity (Wildman–Crippen MR) is 111 cm³/mol. The van der Waals surface area contributed by atoms with Gasteiger partial charge in [0.05, 0.1) is 12.8 Å². The first-order valence-electron chi connectivity index (χ1n) is 9.18. The van der Waals surface area contributed by atoms with E-state index in [-0.39, 0.29) is 5.75 Å². The van der Waals surface area contributed by atoms with Crippen molar-refractivity contribution in [3.63, 3.8) is 0 Å². The fraction of sp³-hybridized carbons (Fsp3) is 0.130. The predicted octanol–water partition coefficient (Wildman–Crippen LogP) is 3.18. The largest absolute Gasteiger partial charge is 0.504 e. The van der Waals surface area contributed by atoms with Crippen molar-refractivity contribution in [3.05, 3.63) is 95.6 Å². The van der Waals surface area contributed by atoms with E-state index in [0.29, 0.717) is 29.0 Å².